The van der Waals surface area contributed by atoms with Crippen LogP contribution in [-0.4, -0.2) is 49.7 Å². The maximum Gasteiger partial charge on any atom is 0.225 e. The van der Waals surface area contributed by atoms with Crippen LogP contribution in [0, 0.1) is 0 Å². The topological polar surface area (TPSA) is 41.6 Å². The number of rotatable bonds is 1. The van der Waals surface area contributed by atoms with E-state index in [2.05, 4.69) is 5.32 Å². The maximum absolute atomic E-state index is 11.7. The fourth-order valence-electron chi connectivity index (χ4n) is 2.18. The zero-order valence-corrected chi connectivity index (χ0v) is 8.50. The highest BCUT2D eigenvalue weighted by molar-refractivity contribution is 5.76. The second-order valence-electron chi connectivity index (χ2n) is 3.95. The highest BCUT2D eigenvalue weighted by Crippen LogP contribution is 2.13. The molecule has 2 heterocycles. The summed E-state index contributed by atoms with van der Waals surface area (Å²) in [4.78, 5) is 13.7. The van der Waals surface area contributed by atoms with Gasteiger partial charge in [0, 0.05) is 19.1 Å². The molecule has 1 unspecified atom stereocenters. The van der Waals surface area contributed by atoms with E-state index in [9.17, 15) is 4.79 Å². The molecule has 0 radical (unpaired) electrons. The molecule has 0 aromatic carbocycles. The quantitative estimate of drug-likeness (QED) is 0.644. The number of ether oxygens (including phenoxy) is 1. The van der Waals surface area contributed by atoms with Gasteiger partial charge in [-0.05, 0) is 19.4 Å². The van der Waals surface area contributed by atoms with E-state index in [-0.39, 0.29) is 5.91 Å². The Morgan fingerprint density at radius 3 is 3.14 bits per heavy atom. The minimum absolute atomic E-state index is 0.260. The number of carbonyl (C=O) groups is 1. The molecule has 80 valence electrons. The molecule has 0 aromatic rings. The first-order valence-electron chi connectivity index (χ1n) is 5.46. The Balaban J connectivity index is 1.95. The van der Waals surface area contributed by atoms with Crippen molar-refractivity contribution >= 4 is 5.91 Å². The Labute approximate surface area is 84.6 Å². The molecule has 1 atom stereocenters. The molecule has 2 aliphatic rings. The number of carbonyl (C=O) groups excluding carboxylic acids is 1. The van der Waals surface area contributed by atoms with Gasteiger partial charge in [-0.3, -0.25) is 4.79 Å². The molecule has 0 aliphatic carbocycles. The molecule has 2 aliphatic heterocycles. The second-order valence-corrected chi connectivity index (χ2v) is 3.95. The number of nitrogens with one attached hydrogen (secondary N) is 1. The van der Waals surface area contributed by atoms with E-state index < -0.39 is 0 Å². The zero-order chi connectivity index (χ0) is 9.80. The first kappa shape index (κ1) is 9.93. The molecule has 2 fully saturated rings. The van der Waals surface area contributed by atoms with Crippen LogP contribution < -0.4 is 5.32 Å². The van der Waals surface area contributed by atoms with E-state index in [1.165, 1.54) is 6.42 Å². The standard InChI is InChI=1S/C10H18N2O2/c13-10-3-6-14-7-5-12(10)9-2-1-4-11-8-9/h9,11H,1-8H2. The van der Waals surface area contributed by atoms with Crippen LogP contribution in [0.25, 0.3) is 0 Å². The van der Waals surface area contributed by atoms with Crippen molar-refractivity contribution in [1.82, 2.24) is 10.2 Å². The smallest absolute Gasteiger partial charge is 0.225 e. The van der Waals surface area contributed by atoms with Crippen LogP contribution >= 0.6 is 0 Å². The molecule has 1 amide bonds. The van der Waals surface area contributed by atoms with Crippen molar-refractivity contribution in [3.05, 3.63) is 0 Å². The summed E-state index contributed by atoms with van der Waals surface area (Å²) >= 11 is 0. The normalized spacial score (nSPS) is 30.1. The van der Waals surface area contributed by atoms with Gasteiger partial charge >= 0.3 is 0 Å². The number of nitrogens with zero attached hydrogens (tertiary/aromatic N) is 1. The summed E-state index contributed by atoms with van der Waals surface area (Å²) in [5.74, 6) is 0.260. The van der Waals surface area contributed by atoms with Crippen molar-refractivity contribution in [1.29, 1.82) is 0 Å². The third-order valence-electron chi connectivity index (χ3n) is 2.97. The fraction of sp³-hybridized carbons (Fsp3) is 0.900. The lowest BCUT2D eigenvalue weighted by molar-refractivity contribution is -0.133. The third kappa shape index (κ3) is 2.25. The van der Waals surface area contributed by atoms with E-state index >= 15 is 0 Å². The van der Waals surface area contributed by atoms with Crippen LogP contribution in [-0.2, 0) is 9.53 Å². The van der Waals surface area contributed by atoms with Crippen molar-refractivity contribution < 1.29 is 9.53 Å². The molecule has 0 saturated carbocycles. The van der Waals surface area contributed by atoms with Gasteiger partial charge in [0.15, 0.2) is 0 Å². The summed E-state index contributed by atoms with van der Waals surface area (Å²) in [5.41, 5.74) is 0. The molecule has 2 rings (SSSR count). The highest BCUT2D eigenvalue weighted by atomic mass is 16.5. The summed E-state index contributed by atoms with van der Waals surface area (Å²) < 4.78 is 5.30. The molecular formula is C10H18N2O2. The average molecular weight is 198 g/mol. The van der Waals surface area contributed by atoms with Crippen molar-refractivity contribution in [2.45, 2.75) is 25.3 Å². The summed E-state index contributed by atoms with van der Waals surface area (Å²) in [6.07, 6.45) is 2.87. The lowest BCUT2D eigenvalue weighted by Gasteiger charge is -2.33. The van der Waals surface area contributed by atoms with Gasteiger partial charge in [-0.15, -0.1) is 0 Å². The maximum atomic E-state index is 11.7. The van der Waals surface area contributed by atoms with Crippen LogP contribution in [0.2, 0.25) is 0 Å². The Kier molecular flexibility index (Phi) is 3.37. The SMILES string of the molecule is O=C1CCOCCN1C1CCCNC1. The van der Waals surface area contributed by atoms with Gasteiger partial charge < -0.3 is 15.0 Å². The molecule has 4 heteroatoms. The van der Waals surface area contributed by atoms with Crippen LogP contribution in [0.4, 0.5) is 0 Å². The fourth-order valence-corrected chi connectivity index (χ4v) is 2.18. The van der Waals surface area contributed by atoms with Gasteiger partial charge in [-0.1, -0.05) is 0 Å². The third-order valence-corrected chi connectivity index (χ3v) is 2.97. The highest BCUT2D eigenvalue weighted by Gasteiger charge is 2.26. The van der Waals surface area contributed by atoms with E-state index in [1.807, 2.05) is 4.90 Å². The van der Waals surface area contributed by atoms with Crippen molar-refractivity contribution in [2.24, 2.45) is 0 Å². The van der Waals surface area contributed by atoms with E-state index in [0.29, 0.717) is 25.7 Å². The van der Waals surface area contributed by atoms with Gasteiger partial charge in [0.05, 0.1) is 19.6 Å². The van der Waals surface area contributed by atoms with Crippen LogP contribution in [0.3, 0.4) is 0 Å². The van der Waals surface area contributed by atoms with Gasteiger partial charge in [-0.2, -0.15) is 0 Å². The van der Waals surface area contributed by atoms with Gasteiger partial charge in [0.25, 0.3) is 0 Å². The molecule has 1 N–H and O–H groups in total. The zero-order valence-electron chi connectivity index (χ0n) is 8.50. The second kappa shape index (κ2) is 4.75. The Bertz CT molecular complexity index is 202. The molecule has 2 saturated heterocycles. The molecule has 14 heavy (non-hydrogen) atoms. The first-order valence-corrected chi connectivity index (χ1v) is 5.46. The number of hydrogen-bond acceptors (Lipinski definition) is 3. The largest absolute Gasteiger partial charge is 0.379 e. The molecule has 0 spiro atoms. The lowest BCUT2D eigenvalue weighted by atomic mass is 10.1. The van der Waals surface area contributed by atoms with E-state index in [4.69, 9.17) is 4.74 Å². The molecule has 0 aromatic heterocycles. The predicted molar refractivity (Wildman–Crippen MR) is 53.0 cm³/mol. The summed E-state index contributed by atoms with van der Waals surface area (Å²) in [7, 11) is 0. The van der Waals surface area contributed by atoms with Crippen molar-refractivity contribution in [2.75, 3.05) is 32.8 Å². The van der Waals surface area contributed by atoms with Crippen molar-refractivity contribution in [3.8, 4) is 0 Å². The summed E-state index contributed by atoms with van der Waals surface area (Å²) in [5, 5.41) is 3.34. The first-order chi connectivity index (χ1) is 6.88. The molecular weight excluding hydrogens is 180 g/mol. The Morgan fingerprint density at radius 2 is 2.36 bits per heavy atom. The van der Waals surface area contributed by atoms with Gasteiger partial charge in [-0.25, -0.2) is 0 Å². The van der Waals surface area contributed by atoms with E-state index in [1.54, 1.807) is 0 Å². The lowest BCUT2D eigenvalue weighted by Crippen LogP contribution is -2.49. The summed E-state index contributed by atoms with van der Waals surface area (Å²) in [6.45, 7) is 4.10. The Morgan fingerprint density at radius 1 is 1.43 bits per heavy atom. The van der Waals surface area contributed by atoms with Crippen LogP contribution in [0.15, 0.2) is 0 Å². The van der Waals surface area contributed by atoms with Gasteiger partial charge in [0.1, 0.15) is 0 Å². The average Bonchev–Trinajstić information content (AvgIpc) is 2.44. The number of piperidine rings is 1. The van der Waals surface area contributed by atoms with E-state index in [0.717, 1.165) is 26.1 Å². The molecule has 0 bridgehead atoms. The molecule has 4 nitrogen and oxygen atoms in total. The monoisotopic (exact) mass is 198 g/mol. The Hall–Kier alpha value is -0.610. The van der Waals surface area contributed by atoms with Crippen LogP contribution in [0.5, 0.6) is 0 Å². The number of hydrogen-bond donors (Lipinski definition) is 1. The van der Waals surface area contributed by atoms with Crippen LogP contribution in [0.1, 0.15) is 19.3 Å². The van der Waals surface area contributed by atoms with Gasteiger partial charge in [0.2, 0.25) is 5.91 Å². The summed E-state index contributed by atoms with van der Waals surface area (Å²) in [6, 6.07) is 0.401. The minimum Gasteiger partial charge on any atom is -0.379 e. The predicted octanol–water partition coefficient (Wildman–Crippen LogP) is -0.0127. The minimum atomic E-state index is 0.260. The van der Waals surface area contributed by atoms with Crippen molar-refractivity contribution in [3.63, 3.8) is 0 Å². The number of amides is 1.